The van der Waals surface area contributed by atoms with Gasteiger partial charge in [-0.05, 0) is 24.1 Å². The minimum Gasteiger partial charge on any atom is -0.480 e. The number of amides is 1. The normalized spacial score (nSPS) is 18.9. The number of hydrogen-bond acceptors (Lipinski definition) is 9. The molecule has 1 heterocycles. The number of carbonyl (C=O) groups is 5. The summed E-state index contributed by atoms with van der Waals surface area (Å²) in [6, 6.07) is 6.59. The summed E-state index contributed by atoms with van der Waals surface area (Å²) < 4.78 is 0. The third kappa shape index (κ3) is 12.7. The number of nitrogens with zero attached hydrogens (tertiary/aromatic N) is 4. The van der Waals surface area contributed by atoms with Crippen LogP contribution in [0.3, 0.4) is 0 Å². The number of hydrogen-bond donors (Lipinski definition) is 5. The molecule has 0 aliphatic carbocycles. The van der Waals surface area contributed by atoms with E-state index in [4.69, 9.17) is 0 Å². The molecule has 5 N–H and O–H groups in total. The molecule has 1 atom stereocenters. The van der Waals surface area contributed by atoms with Gasteiger partial charge in [-0.3, -0.25) is 43.6 Å². The lowest BCUT2D eigenvalue weighted by Crippen LogP contribution is -2.53. The van der Waals surface area contributed by atoms with E-state index in [-0.39, 0.29) is 77.9 Å². The predicted octanol–water partition coefficient (Wildman–Crippen LogP) is -0.884. The van der Waals surface area contributed by atoms with Gasteiger partial charge in [0.1, 0.15) is 0 Å². The highest BCUT2D eigenvalue weighted by atomic mass is 16.4. The van der Waals surface area contributed by atoms with Crippen molar-refractivity contribution in [3.05, 3.63) is 29.8 Å². The second-order valence-electron chi connectivity index (χ2n) is 9.57. The number of anilines is 1. The minimum absolute atomic E-state index is 0.187. The first-order chi connectivity index (χ1) is 18.4. The summed E-state index contributed by atoms with van der Waals surface area (Å²) in [4.78, 5) is 64.3. The zero-order valence-corrected chi connectivity index (χ0v) is 22.0. The molecule has 1 amide bonds. The van der Waals surface area contributed by atoms with Crippen molar-refractivity contribution in [2.24, 2.45) is 0 Å². The number of aliphatic carboxylic acids is 4. The van der Waals surface area contributed by atoms with Crippen LogP contribution in [0.15, 0.2) is 24.3 Å². The number of benzene rings is 1. The molecule has 1 saturated heterocycles. The molecule has 1 aromatic carbocycles. The first-order valence-electron chi connectivity index (χ1n) is 12.6. The Hall–Kier alpha value is -3.59. The molecule has 0 bridgehead atoms. The molecule has 1 fully saturated rings. The van der Waals surface area contributed by atoms with Crippen molar-refractivity contribution in [3.8, 4) is 0 Å². The summed E-state index contributed by atoms with van der Waals surface area (Å²) in [5.41, 5.74) is 1.43. The Morgan fingerprint density at radius 1 is 0.692 bits per heavy atom. The van der Waals surface area contributed by atoms with Crippen LogP contribution < -0.4 is 5.32 Å². The third-order valence-corrected chi connectivity index (χ3v) is 6.31. The molecular weight excluding hydrogens is 514 g/mol. The third-order valence-electron chi connectivity index (χ3n) is 6.31. The van der Waals surface area contributed by atoms with E-state index in [0.29, 0.717) is 12.1 Å². The van der Waals surface area contributed by atoms with Gasteiger partial charge in [0.05, 0.1) is 26.2 Å². The van der Waals surface area contributed by atoms with Crippen LogP contribution in [0, 0.1) is 0 Å². The van der Waals surface area contributed by atoms with E-state index >= 15 is 0 Å². The summed E-state index contributed by atoms with van der Waals surface area (Å²) in [5.74, 6) is -4.47. The number of nitrogens with one attached hydrogen (secondary N) is 1. The van der Waals surface area contributed by atoms with Crippen LogP contribution in [0.2, 0.25) is 0 Å². The van der Waals surface area contributed by atoms with Crippen molar-refractivity contribution in [1.82, 2.24) is 19.6 Å². The molecule has 1 aromatic rings. The smallest absolute Gasteiger partial charge is 0.317 e. The molecule has 2 rings (SSSR count). The van der Waals surface area contributed by atoms with Gasteiger partial charge in [-0.2, -0.15) is 0 Å². The number of carbonyl (C=O) groups excluding carboxylic acids is 1. The Morgan fingerprint density at radius 2 is 1.13 bits per heavy atom. The quantitative estimate of drug-likeness (QED) is 0.228. The van der Waals surface area contributed by atoms with Gasteiger partial charge in [0.15, 0.2) is 0 Å². The molecular formula is C25H37N5O9. The van der Waals surface area contributed by atoms with E-state index in [9.17, 15) is 44.4 Å². The van der Waals surface area contributed by atoms with Crippen LogP contribution in [-0.2, 0) is 30.4 Å². The van der Waals surface area contributed by atoms with Gasteiger partial charge in [-0.25, -0.2) is 0 Å². The van der Waals surface area contributed by atoms with Crippen molar-refractivity contribution in [1.29, 1.82) is 0 Å². The first kappa shape index (κ1) is 31.6. The lowest BCUT2D eigenvalue weighted by Gasteiger charge is -2.37. The van der Waals surface area contributed by atoms with Gasteiger partial charge < -0.3 is 25.7 Å². The average Bonchev–Trinajstić information content (AvgIpc) is 2.81. The molecule has 1 unspecified atom stereocenters. The average molecular weight is 552 g/mol. The molecule has 14 nitrogen and oxygen atoms in total. The van der Waals surface area contributed by atoms with E-state index in [1.54, 1.807) is 43.9 Å². The molecule has 0 aromatic heterocycles. The van der Waals surface area contributed by atoms with Crippen LogP contribution in [0.25, 0.3) is 0 Å². The molecule has 0 spiro atoms. The Morgan fingerprint density at radius 3 is 1.59 bits per heavy atom. The van der Waals surface area contributed by atoms with Crippen LogP contribution in [0.1, 0.15) is 12.5 Å². The lowest BCUT2D eigenvalue weighted by molar-refractivity contribution is -0.142. The van der Waals surface area contributed by atoms with Gasteiger partial charge in [-0.1, -0.05) is 12.1 Å². The second kappa shape index (κ2) is 15.7. The summed E-state index contributed by atoms with van der Waals surface area (Å²) >= 11 is 0. The van der Waals surface area contributed by atoms with Gasteiger partial charge in [0.2, 0.25) is 5.91 Å². The van der Waals surface area contributed by atoms with Crippen molar-refractivity contribution in [2.75, 3.05) is 77.3 Å². The number of carboxylic acid groups (broad SMARTS) is 4. The predicted molar refractivity (Wildman–Crippen MR) is 140 cm³/mol. The van der Waals surface area contributed by atoms with Gasteiger partial charge in [0, 0.05) is 64.5 Å². The fraction of sp³-hybridized carbons (Fsp3) is 0.560. The highest BCUT2D eigenvalue weighted by Crippen LogP contribution is 2.16. The first-order valence-corrected chi connectivity index (χ1v) is 12.6. The number of carboxylic acids is 4. The summed E-state index contributed by atoms with van der Waals surface area (Å²) in [5, 5.41) is 40.5. The van der Waals surface area contributed by atoms with Gasteiger partial charge in [-0.15, -0.1) is 0 Å². The fourth-order valence-corrected chi connectivity index (χ4v) is 4.56. The Kier molecular flexibility index (Phi) is 12.8. The van der Waals surface area contributed by atoms with Gasteiger partial charge >= 0.3 is 23.9 Å². The highest BCUT2D eigenvalue weighted by molar-refractivity contribution is 5.88. The lowest BCUT2D eigenvalue weighted by atomic mass is 10.0. The van der Waals surface area contributed by atoms with Crippen molar-refractivity contribution < 1.29 is 44.4 Å². The van der Waals surface area contributed by atoms with Crippen molar-refractivity contribution in [2.45, 2.75) is 19.4 Å². The summed E-state index contributed by atoms with van der Waals surface area (Å²) in [6.45, 7) is 1.74. The maximum atomic E-state index is 11.8. The largest absolute Gasteiger partial charge is 0.480 e. The fourth-order valence-electron chi connectivity index (χ4n) is 4.56. The number of rotatable bonds is 11. The van der Waals surface area contributed by atoms with E-state index < -0.39 is 29.9 Å². The van der Waals surface area contributed by atoms with Crippen LogP contribution in [-0.4, -0.2) is 148 Å². The minimum atomic E-state index is -1.07. The molecule has 216 valence electrons. The standard InChI is InChI=1S/C25H37N5O9/c1-18(31)26-20-4-2-19(3-5-20)12-21-13-29(16-24(36)37)9-8-27(14-22(32)33)6-7-28(15-23(34)35)10-11-30(21)17-25(38)39/h2-5,21H,6-17H2,1H3,(H,26,31)(H,32,33)(H,34,35)(H,36,37)(H,38,39). The summed E-state index contributed by atoms with van der Waals surface area (Å²) in [6.07, 6.45) is 0.363. The molecule has 14 heteroatoms. The van der Waals surface area contributed by atoms with E-state index in [1.165, 1.54) is 6.92 Å². The van der Waals surface area contributed by atoms with E-state index in [2.05, 4.69) is 5.32 Å². The van der Waals surface area contributed by atoms with Crippen LogP contribution in [0.4, 0.5) is 5.69 Å². The summed E-state index contributed by atoms with van der Waals surface area (Å²) in [7, 11) is 0. The molecule has 39 heavy (non-hydrogen) atoms. The van der Waals surface area contributed by atoms with Crippen LogP contribution >= 0.6 is 0 Å². The van der Waals surface area contributed by atoms with E-state index in [0.717, 1.165) is 5.56 Å². The Bertz CT molecular complexity index is 1000. The van der Waals surface area contributed by atoms with Crippen molar-refractivity contribution in [3.63, 3.8) is 0 Å². The molecule has 0 saturated carbocycles. The van der Waals surface area contributed by atoms with Gasteiger partial charge in [0.25, 0.3) is 0 Å². The van der Waals surface area contributed by atoms with E-state index in [1.807, 2.05) is 0 Å². The second-order valence-corrected chi connectivity index (χ2v) is 9.57. The maximum absolute atomic E-state index is 11.8. The molecule has 1 aliphatic heterocycles. The molecule has 1 aliphatic rings. The monoisotopic (exact) mass is 551 g/mol. The SMILES string of the molecule is CC(=O)Nc1ccc(CC2CN(CC(=O)O)CCN(CC(=O)O)CCN(CC(=O)O)CCN2CC(=O)O)cc1. The Labute approximate surface area is 226 Å². The maximum Gasteiger partial charge on any atom is 0.317 e. The zero-order chi connectivity index (χ0) is 28.9. The molecule has 0 radical (unpaired) electrons. The van der Waals surface area contributed by atoms with Crippen LogP contribution in [0.5, 0.6) is 0 Å². The zero-order valence-electron chi connectivity index (χ0n) is 22.0. The topological polar surface area (TPSA) is 191 Å². The highest BCUT2D eigenvalue weighted by Gasteiger charge is 2.27. The van der Waals surface area contributed by atoms with Crippen molar-refractivity contribution >= 4 is 35.5 Å². The Balaban J connectivity index is 2.39.